The van der Waals surface area contributed by atoms with Gasteiger partial charge in [0.15, 0.2) is 0 Å². The van der Waals surface area contributed by atoms with E-state index in [0.29, 0.717) is 6.04 Å². The molecule has 1 aliphatic carbocycles. The fraction of sp³-hybridized carbons (Fsp3) is 0.571. The van der Waals surface area contributed by atoms with E-state index in [0.717, 1.165) is 37.5 Å². The van der Waals surface area contributed by atoms with Gasteiger partial charge in [0.25, 0.3) is 0 Å². The third-order valence-electron chi connectivity index (χ3n) is 3.57. The summed E-state index contributed by atoms with van der Waals surface area (Å²) in [7, 11) is 2.16. The lowest BCUT2D eigenvalue weighted by Gasteiger charge is -2.17. The Morgan fingerprint density at radius 2 is 2.12 bits per heavy atom. The fourth-order valence-electron chi connectivity index (χ4n) is 2.35. The highest BCUT2D eigenvalue weighted by molar-refractivity contribution is 6.30. The van der Waals surface area contributed by atoms with E-state index in [9.17, 15) is 0 Å². The largest absolute Gasteiger partial charge is 0.312 e. The summed E-state index contributed by atoms with van der Waals surface area (Å²) in [5, 5.41) is 4.49. The van der Waals surface area contributed by atoms with Crippen LogP contribution in [-0.4, -0.2) is 37.6 Å². The van der Waals surface area contributed by atoms with E-state index < -0.39 is 0 Å². The molecule has 0 saturated heterocycles. The molecule has 0 saturated carbocycles. The number of nitrogens with zero attached hydrogens (tertiary/aromatic N) is 1. The van der Waals surface area contributed by atoms with Gasteiger partial charge in [0.2, 0.25) is 0 Å². The van der Waals surface area contributed by atoms with E-state index in [2.05, 4.69) is 36.3 Å². The zero-order valence-corrected chi connectivity index (χ0v) is 11.4. The highest BCUT2D eigenvalue weighted by Crippen LogP contribution is 2.25. The van der Waals surface area contributed by atoms with Crippen molar-refractivity contribution in [2.24, 2.45) is 0 Å². The smallest absolute Gasteiger partial charge is 0.0408 e. The van der Waals surface area contributed by atoms with Gasteiger partial charge in [-0.15, -0.1) is 0 Å². The van der Waals surface area contributed by atoms with Crippen molar-refractivity contribution in [3.05, 3.63) is 34.3 Å². The monoisotopic (exact) mass is 252 g/mol. The van der Waals surface area contributed by atoms with E-state index in [1.54, 1.807) is 0 Å². The summed E-state index contributed by atoms with van der Waals surface area (Å²) < 4.78 is 0. The summed E-state index contributed by atoms with van der Waals surface area (Å²) in [4.78, 5) is 2.33. The molecule has 0 aliphatic heterocycles. The number of benzene rings is 1. The SMILES string of the molecule is CCN(C)CCNC1Cc2ccc(Cl)cc2C1. The Balaban J connectivity index is 1.80. The first-order chi connectivity index (χ1) is 8.19. The Morgan fingerprint density at radius 1 is 1.35 bits per heavy atom. The van der Waals surface area contributed by atoms with Gasteiger partial charge in [-0.1, -0.05) is 24.6 Å². The van der Waals surface area contributed by atoms with Crippen LogP contribution in [0.2, 0.25) is 5.02 Å². The molecule has 1 N–H and O–H groups in total. The molecule has 1 atom stereocenters. The standard InChI is InChI=1S/C14H21ClN2/c1-3-17(2)7-6-16-14-9-11-4-5-13(15)8-12(11)10-14/h4-5,8,14,16H,3,6-7,9-10H2,1-2H3. The molecule has 3 heteroatoms. The maximum Gasteiger partial charge on any atom is 0.0408 e. The molecule has 1 aromatic carbocycles. The van der Waals surface area contributed by atoms with Gasteiger partial charge >= 0.3 is 0 Å². The summed E-state index contributed by atoms with van der Waals surface area (Å²) in [6.45, 7) is 5.48. The molecule has 0 amide bonds. The van der Waals surface area contributed by atoms with E-state index >= 15 is 0 Å². The van der Waals surface area contributed by atoms with Gasteiger partial charge in [0.05, 0.1) is 0 Å². The summed E-state index contributed by atoms with van der Waals surface area (Å²) >= 11 is 6.01. The normalized spacial score (nSPS) is 18.7. The van der Waals surface area contributed by atoms with Gasteiger partial charge in [-0.05, 0) is 49.7 Å². The van der Waals surface area contributed by atoms with Crippen molar-refractivity contribution in [1.29, 1.82) is 0 Å². The molecule has 2 nitrogen and oxygen atoms in total. The summed E-state index contributed by atoms with van der Waals surface area (Å²) in [5.74, 6) is 0. The van der Waals surface area contributed by atoms with Crippen LogP contribution in [0, 0.1) is 0 Å². The summed E-state index contributed by atoms with van der Waals surface area (Å²) in [6.07, 6.45) is 2.26. The minimum absolute atomic E-state index is 0.591. The third-order valence-corrected chi connectivity index (χ3v) is 3.80. The zero-order chi connectivity index (χ0) is 12.3. The molecule has 0 bridgehead atoms. The average molecular weight is 253 g/mol. The Labute approximate surface area is 109 Å². The first-order valence-corrected chi connectivity index (χ1v) is 6.76. The molecule has 1 unspecified atom stereocenters. The van der Waals surface area contributed by atoms with Gasteiger partial charge in [0, 0.05) is 24.2 Å². The van der Waals surface area contributed by atoms with Crippen LogP contribution in [0.25, 0.3) is 0 Å². The van der Waals surface area contributed by atoms with Crippen molar-refractivity contribution < 1.29 is 0 Å². The van der Waals surface area contributed by atoms with Crippen molar-refractivity contribution >= 4 is 11.6 Å². The Hall–Kier alpha value is -0.570. The minimum atomic E-state index is 0.591. The van der Waals surface area contributed by atoms with Crippen LogP contribution >= 0.6 is 11.6 Å². The molecular weight excluding hydrogens is 232 g/mol. The number of rotatable bonds is 5. The van der Waals surface area contributed by atoms with Crippen LogP contribution in [0.15, 0.2) is 18.2 Å². The Bertz CT molecular complexity index is 378. The molecular formula is C14H21ClN2. The van der Waals surface area contributed by atoms with Crippen LogP contribution in [0.5, 0.6) is 0 Å². The molecule has 17 heavy (non-hydrogen) atoms. The van der Waals surface area contributed by atoms with E-state index in [-0.39, 0.29) is 0 Å². The number of hydrogen-bond acceptors (Lipinski definition) is 2. The highest BCUT2D eigenvalue weighted by Gasteiger charge is 2.20. The molecule has 2 rings (SSSR count). The number of nitrogens with one attached hydrogen (secondary N) is 1. The number of fused-ring (bicyclic) bond motifs is 1. The number of likely N-dealkylation sites (N-methyl/N-ethyl adjacent to an activating group) is 1. The van der Waals surface area contributed by atoms with Crippen molar-refractivity contribution in [1.82, 2.24) is 10.2 Å². The van der Waals surface area contributed by atoms with Crippen LogP contribution in [0.1, 0.15) is 18.1 Å². The average Bonchev–Trinajstić information content (AvgIpc) is 2.70. The quantitative estimate of drug-likeness (QED) is 0.866. The van der Waals surface area contributed by atoms with Gasteiger partial charge < -0.3 is 10.2 Å². The molecule has 0 spiro atoms. The summed E-state index contributed by atoms with van der Waals surface area (Å²) in [5.41, 5.74) is 2.87. The van der Waals surface area contributed by atoms with Gasteiger partial charge in [-0.3, -0.25) is 0 Å². The van der Waals surface area contributed by atoms with E-state index in [1.807, 2.05) is 6.07 Å². The molecule has 0 fully saturated rings. The third kappa shape index (κ3) is 3.44. The topological polar surface area (TPSA) is 15.3 Å². The van der Waals surface area contributed by atoms with E-state index in [4.69, 9.17) is 11.6 Å². The predicted octanol–water partition coefficient (Wildman–Crippen LogP) is 2.35. The van der Waals surface area contributed by atoms with Crippen LogP contribution in [0.4, 0.5) is 0 Å². The summed E-state index contributed by atoms with van der Waals surface area (Å²) in [6, 6.07) is 6.86. The maximum absolute atomic E-state index is 6.01. The minimum Gasteiger partial charge on any atom is -0.312 e. The molecule has 1 aromatic rings. The first kappa shape index (κ1) is 12.9. The van der Waals surface area contributed by atoms with Crippen molar-refractivity contribution in [2.75, 3.05) is 26.7 Å². The number of halogens is 1. The van der Waals surface area contributed by atoms with E-state index in [1.165, 1.54) is 11.1 Å². The Morgan fingerprint density at radius 3 is 2.88 bits per heavy atom. The van der Waals surface area contributed by atoms with Crippen molar-refractivity contribution in [3.63, 3.8) is 0 Å². The molecule has 0 radical (unpaired) electrons. The number of hydrogen-bond donors (Lipinski definition) is 1. The lowest BCUT2D eigenvalue weighted by atomic mass is 10.1. The van der Waals surface area contributed by atoms with Crippen LogP contribution < -0.4 is 5.32 Å². The molecule has 1 aliphatic rings. The second kappa shape index (κ2) is 5.85. The molecule has 0 heterocycles. The van der Waals surface area contributed by atoms with Crippen molar-refractivity contribution in [2.45, 2.75) is 25.8 Å². The lowest BCUT2D eigenvalue weighted by Crippen LogP contribution is -2.36. The molecule has 0 aromatic heterocycles. The fourth-order valence-corrected chi connectivity index (χ4v) is 2.54. The zero-order valence-electron chi connectivity index (χ0n) is 10.7. The molecule has 94 valence electrons. The van der Waals surface area contributed by atoms with Crippen molar-refractivity contribution in [3.8, 4) is 0 Å². The predicted molar refractivity (Wildman–Crippen MR) is 73.8 cm³/mol. The van der Waals surface area contributed by atoms with Crippen LogP contribution in [-0.2, 0) is 12.8 Å². The van der Waals surface area contributed by atoms with Gasteiger partial charge in [-0.2, -0.15) is 0 Å². The first-order valence-electron chi connectivity index (χ1n) is 6.38. The van der Waals surface area contributed by atoms with Gasteiger partial charge in [0.1, 0.15) is 0 Å². The maximum atomic E-state index is 6.01. The lowest BCUT2D eigenvalue weighted by molar-refractivity contribution is 0.340. The highest BCUT2D eigenvalue weighted by atomic mass is 35.5. The Kier molecular flexibility index (Phi) is 4.43. The van der Waals surface area contributed by atoms with Gasteiger partial charge in [-0.25, -0.2) is 0 Å². The second-order valence-corrected chi connectivity index (χ2v) is 5.30. The second-order valence-electron chi connectivity index (χ2n) is 4.87. The van der Waals surface area contributed by atoms with Crippen LogP contribution in [0.3, 0.4) is 0 Å².